The van der Waals surface area contributed by atoms with E-state index in [0.717, 1.165) is 11.9 Å². The first kappa shape index (κ1) is 11.7. The van der Waals surface area contributed by atoms with Gasteiger partial charge in [0.2, 0.25) is 0 Å². The largest absolute Gasteiger partial charge is 0.347 e. The van der Waals surface area contributed by atoms with E-state index in [0.29, 0.717) is 12.1 Å². The summed E-state index contributed by atoms with van der Waals surface area (Å²) in [5.41, 5.74) is 0.570. The summed E-state index contributed by atoms with van der Waals surface area (Å²) in [6.07, 6.45) is 3.39. The van der Waals surface area contributed by atoms with Gasteiger partial charge >= 0.3 is 0 Å². The lowest BCUT2D eigenvalue weighted by Crippen LogP contribution is -2.19. The highest BCUT2D eigenvalue weighted by molar-refractivity contribution is 5.17. The van der Waals surface area contributed by atoms with E-state index in [4.69, 9.17) is 0 Å². The molecule has 0 bridgehead atoms. The van der Waals surface area contributed by atoms with Crippen LogP contribution in [0.1, 0.15) is 24.4 Å². The molecule has 0 fully saturated rings. The number of H-pyrrole nitrogens is 1. The van der Waals surface area contributed by atoms with Crippen LogP contribution in [0, 0.1) is 11.6 Å². The number of nitrogens with one attached hydrogen (secondary N) is 2. The van der Waals surface area contributed by atoms with E-state index in [9.17, 15) is 8.78 Å². The summed E-state index contributed by atoms with van der Waals surface area (Å²) in [6, 6.07) is 3.48. The zero-order chi connectivity index (χ0) is 12.3. The molecule has 2 rings (SSSR count). The predicted molar refractivity (Wildman–Crippen MR) is 60.2 cm³/mol. The highest BCUT2D eigenvalue weighted by atomic mass is 19.1. The van der Waals surface area contributed by atoms with Gasteiger partial charge in [-0.1, -0.05) is 0 Å². The van der Waals surface area contributed by atoms with Crippen molar-refractivity contribution in [1.29, 1.82) is 0 Å². The first-order valence-corrected chi connectivity index (χ1v) is 5.33. The minimum absolute atomic E-state index is 0.00340. The monoisotopic (exact) mass is 237 g/mol. The number of halogens is 2. The molecule has 1 unspecified atom stereocenters. The third-order valence-electron chi connectivity index (χ3n) is 2.46. The van der Waals surface area contributed by atoms with E-state index in [1.165, 1.54) is 12.1 Å². The zero-order valence-electron chi connectivity index (χ0n) is 9.37. The smallest absolute Gasteiger partial charge is 0.126 e. The van der Waals surface area contributed by atoms with Gasteiger partial charge in [-0.05, 0) is 24.6 Å². The van der Waals surface area contributed by atoms with Crippen molar-refractivity contribution in [2.45, 2.75) is 19.5 Å². The highest BCUT2D eigenvalue weighted by Crippen LogP contribution is 2.10. The normalized spacial score (nSPS) is 12.6. The maximum Gasteiger partial charge on any atom is 0.126 e. The standard InChI is InChI=1S/C12H13F2N3/c1-8(12-15-2-3-16-12)17-7-9-4-10(13)6-11(14)5-9/h2-6,8,17H,7H2,1H3,(H,15,16). The van der Waals surface area contributed by atoms with E-state index in [1.807, 2.05) is 6.92 Å². The van der Waals surface area contributed by atoms with Crippen molar-refractivity contribution in [3.63, 3.8) is 0 Å². The molecule has 0 radical (unpaired) electrons. The van der Waals surface area contributed by atoms with Gasteiger partial charge < -0.3 is 10.3 Å². The van der Waals surface area contributed by atoms with Crippen LogP contribution >= 0.6 is 0 Å². The number of aromatic nitrogens is 2. The van der Waals surface area contributed by atoms with Gasteiger partial charge in [-0.2, -0.15) is 0 Å². The third-order valence-corrected chi connectivity index (χ3v) is 2.46. The first-order chi connectivity index (χ1) is 8.15. The van der Waals surface area contributed by atoms with Crippen LogP contribution in [0.5, 0.6) is 0 Å². The molecule has 0 aliphatic carbocycles. The Kier molecular flexibility index (Phi) is 3.49. The van der Waals surface area contributed by atoms with Crippen molar-refractivity contribution in [2.24, 2.45) is 0 Å². The van der Waals surface area contributed by atoms with Gasteiger partial charge in [0.1, 0.15) is 17.5 Å². The number of benzene rings is 1. The maximum absolute atomic E-state index is 12.9. The van der Waals surface area contributed by atoms with Gasteiger partial charge in [-0.15, -0.1) is 0 Å². The topological polar surface area (TPSA) is 40.7 Å². The summed E-state index contributed by atoms with van der Waals surface area (Å²) in [4.78, 5) is 7.07. The second-order valence-electron chi connectivity index (χ2n) is 3.85. The maximum atomic E-state index is 12.9. The minimum atomic E-state index is -0.563. The van der Waals surface area contributed by atoms with Gasteiger partial charge in [0.25, 0.3) is 0 Å². The quantitative estimate of drug-likeness (QED) is 0.857. The summed E-state index contributed by atoms with van der Waals surface area (Å²) in [5, 5.41) is 3.13. The molecule has 0 saturated carbocycles. The Morgan fingerprint density at radius 2 is 2.00 bits per heavy atom. The van der Waals surface area contributed by atoms with Crippen LogP contribution in [0.4, 0.5) is 8.78 Å². The van der Waals surface area contributed by atoms with E-state index in [1.54, 1.807) is 12.4 Å². The summed E-state index contributed by atoms with van der Waals surface area (Å²) in [5.74, 6) is -0.332. The van der Waals surface area contributed by atoms with Crippen LogP contribution in [-0.2, 0) is 6.54 Å². The molecule has 0 spiro atoms. The fourth-order valence-corrected chi connectivity index (χ4v) is 1.59. The molecule has 90 valence electrons. The van der Waals surface area contributed by atoms with Crippen molar-refractivity contribution >= 4 is 0 Å². The molecule has 2 N–H and O–H groups in total. The fourth-order valence-electron chi connectivity index (χ4n) is 1.59. The number of nitrogens with zero attached hydrogens (tertiary/aromatic N) is 1. The van der Waals surface area contributed by atoms with Gasteiger partial charge in [0.05, 0.1) is 6.04 Å². The van der Waals surface area contributed by atoms with Crippen LogP contribution < -0.4 is 5.32 Å². The Labute approximate surface area is 97.9 Å². The molecular formula is C12H13F2N3. The molecule has 0 saturated heterocycles. The van der Waals surface area contributed by atoms with Crippen molar-refractivity contribution in [2.75, 3.05) is 0 Å². The van der Waals surface area contributed by atoms with Crippen LogP contribution in [0.3, 0.4) is 0 Å². The second-order valence-corrected chi connectivity index (χ2v) is 3.85. The van der Waals surface area contributed by atoms with Crippen molar-refractivity contribution in [3.05, 3.63) is 53.6 Å². The Hall–Kier alpha value is -1.75. The number of rotatable bonds is 4. The van der Waals surface area contributed by atoms with Crippen molar-refractivity contribution in [3.8, 4) is 0 Å². The molecule has 3 nitrogen and oxygen atoms in total. The second kappa shape index (κ2) is 5.05. The summed E-state index contributed by atoms with van der Waals surface area (Å²) >= 11 is 0. The molecule has 5 heteroatoms. The summed E-state index contributed by atoms with van der Waals surface area (Å²) < 4.78 is 25.9. The number of hydrogen-bond acceptors (Lipinski definition) is 2. The lowest BCUT2D eigenvalue weighted by atomic mass is 10.2. The van der Waals surface area contributed by atoms with E-state index in [-0.39, 0.29) is 6.04 Å². The molecule has 0 aliphatic heterocycles. The lowest BCUT2D eigenvalue weighted by Gasteiger charge is -2.11. The predicted octanol–water partition coefficient (Wildman–Crippen LogP) is 2.54. The Morgan fingerprint density at radius 3 is 2.59 bits per heavy atom. The van der Waals surface area contributed by atoms with E-state index >= 15 is 0 Å². The molecule has 1 heterocycles. The molecule has 0 aliphatic rings. The van der Waals surface area contributed by atoms with Crippen molar-refractivity contribution < 1.29 is 8.78 Å². The average Bonchev–Trinajstić information content (AvgIpc) is 2.78. The third kappa shape index (κ3) is 3.10. The van der Waals surface area contributed by atoms with E-state index < -0.39 is 11.6 Å². The number of aromatic amines is 1. The first-order valence-electron chi connectivity index (χ1n) is 5.33. The summed E-state index contributed by atoms with van der Waals surface area (Å²) in [6.45, 7) is 2.31. The van der Waals surface area contributed by atoms with Crippen LogP contribution in [0.15, 0.2) is 30.6 Å². The molecule has 0 amide bonds. The highest BCUT2D eigenvalue weighted by Gasteiger charge is 2.07. The number of imidazole rings is 1. The van der Waals surface area contributed by atoms with Gasteiger partial charge in [-0.3, -0.25) is 0 Å². The molecule has 1 atom stereocenters. The van der Waals surface area contributed by atoms with Gasteiger partial charge in [-0.25, -0.2) is 13.8 Å². The lowest BCUT2D eigenvalue weighted by molar-refractivity contribution is 0.539. The Morgan fingerprint density at radius 1 is 1.29 bits per heavy atom. The Balaban J connectivity index is 1.98. The molecular weight excluding hydrogens is 224 g/mol. The SMILES string of the molecule is CC(NCc1cc(F)cc(F)c1)c1ncc[nH]1. The molecule has 17 heavy (non-hydrogen) atoms. The zero-order valence-corrected chi connectivity index (χ0v) is 9.37. The summed E-state index contributed by atoms with van der Waals surface area (Å²) in [7, 11) is 0. The van der Waals surface area contributed by atoms with Crippen LogP contribution in [-0.4, -0.2) is 9.97 Å². The fraction of sp³-hybridized carbons (Fsp3) is 0.250. The average molecular weight is 237 g/mol. The number of hydrogen-bond donors (Lipinski definition) is 2. The van der Waals surface area contributed by atoms with Crippen LogP contribution in [0.25, 0.3) is 0 Å². The van der Waals surface area contributed by atoms with E-state index in [2.05, 4.69) is 15.3 Å². The molecule has 2 aromatic rings. The Bertz CT molecular complexity index is 462. The van der Waals surface area contributed by atoms with Gasteiger partial charge in [0, 0.05) is 25.0 Å². The van der Waals surface area contributed by atoms with Crippen molar-refractivity contribution in [1.82, 2.24) is 15.3 Å². The van der Waals surface area contributed by atoms with Crippen LogP contribution in [0.2, 0.25) is 0 Å². The van der Waals surface area contributed by atoms with Gasteiger partial charge in [0.15, 0.2) is 0 Å². The molecule has 1 aromatic heterocycles. The molecule has 1 aromatic carbocycles. The minimum Gasteiger partial charge on any atom is -0.347 e.